The summed E-state index contributed by atoms with van der Waals surface area (Å²) in [5.74, 6) is 0. The summed E-state index contributed by atoms with van der Waals surface area (Å²) in [6.45, 7) is 2.78. The number of fused-ring (bicyclic) bond motifs is 1. The van der Waals surface area contributed by atoms with Gasteiger partial charge in [-0.1, -0.05) is 40.6 Å². The Kier molecular flexibility index (Phi) is 4.41. The van der Waals surface area contributed by atoms with Gasteiger partial charge in [0.1, 0.15) is 24.6 Å². The number of aryl methyl sites for hydroxylation is 1. The molecule has 0 N–H and O–H groups in total. The molecule has 1 aromatic carbocycles. The lowest BCUT2D eigenvalue weighted by Gasteiger charge is -2.03. The maximum atomic E-state index is 6.20. The number of imidazole rings is 1. The maximum Gasteiger partial charge on any atom is 0.346 e. The zero-order valence-corrected chi connectivity index (χ0v) is 13.2. The van der Waals surface area contributed by atoms with E-state index in [0.717, 1.165) is 5.56 Å². The van der Waals surface area contributed by atoms with Crippen LogP contribution in [-0.2, 0) is 6.54 Å². The fourth-order valence-corrected chi connectivity index (χ4v) is 3.46. The fourth-order valence-electron chi connectivity index (χ4n) is 1.97. The van der Waals surface area contributed by atoms with Crippen LogP contribution in [0, 0.1) is 6.92 Å². The van der Waals surface area contributed by atoms with Crippen molar-refractivity contribution < 1.29 is 17.0 Å². The lowest BCUT2D eigenvalue weighted by atomic mass is 10.2. The second-order valence-corrected chi connectivity index (χ2v) is 5.81. The number of halogens is 3. The zero-order chi connectivity index (χ0) is 12.7. The molecule has 100 valence electrons. The summed E-state index contributed by atoms with van der Waals surface area (Å²) in [6, 6.07) is 5.61. The van der Waals surface area contributed by atoms with Crippen LogP contribution < -0.4 is 17.0 Å². The van der Waals surface area contributed by atoms with E-state index in [9.17, 15) is 0 Å². The third-order valence-electron chi connectivity index (χ3n) is 2.95. The second-order valence-electron chi connectivity index (χ2n) is 4.16. The molecular weight excluding hydrogens is 323 g/mol. The molecule has 2 nitrogen and oxygen atoms in total. The highest BCUT2D eigenvalue weighted by Crippen LogP contribution is 2.24. The van der Waals surface area contributed by atoms with E-state index >= 15 is 0 Å². The fraction of sp³-hybridized carbons (Fsp3) is 0.154. The van der Waals surface area contributed by atoms with Crippen LogP contribution >= 0.6 is 34.5 Å². The van der Waals surface area contributed by atoms with Crippen molar-refractivity contribution >= 4 is 39.5 Å². The molecule has 0 radical (unpaired) electrons. The van der Waals surface area contributed by atoms with Gasteiger partial charge in [-0.15, -0.1) is 0 Å². The van der Waals surface area contributed by atoms with Gasteiger partial charge in [-0.05, 0) is 19.1 Å². The largest absolute Gasteiger partial charge is 1.00 e. The van der Waals surface area contributed by atoms with Crippen LogP contribution in [0.3, 0.4) is 0 Å². The summed E-state index contributed by atoms with van der Waals surface area (Å²) in [4.78, 5) is 1.18. The summed E-state index contributed by atoms with van der Waals surface area (Å²) < 4.78 is 4.32. The van der Waals surface area contributed by atoms with Gasteiger partial charge >= 0.3 is 4.96 Å². The molecular formula is C13H11Cl3N2S. The number of nitrogens with zero attached hydrogens (tertiary/aromatic N) is 2. The highest BCUT2D eigenvalue weighted by molar-refractivity contribution is 7.14. The minimum Gasteiger partial charge on any atom is -1.00 e. The highest BCUT2D eigenvalue weighted by Gasteiger charge is 2.16. The van der Waals surface area contributed by atoms with E-state index in [0.29, 0.717) is 16.6 Å². The van der Waals surface area contributed by atoms with Crippen LogP contribution in [0.25, 0.3) is 4.96 Å². The van der Waals surface area contributed by atoms with Gasteiger partial charge < -0.3 is 12.4 Å². The molecule has 0 saturated carbocycles. The lowest BCUT2D eigenvalue weighted by Crippen LogP contribution is -3.00. The molecule has 0 spiro atoms. The van der Waals surface area contributed by atoms with Gasteiger partial charge in [-0.3, -0.25) is 0 Å². The molecule has 0 saturated heterocycles. The van der Waals surface area contributed by atoms with Crippen molar-refractivity contribution in [1.82, 2.24) is 4.40 Å². The van der Waals surface area contributed by atoms with E-state index in [1.54, 1.807) is 11.3 Å². The predicted molar refractivity (Wildman–Crippen MR) is 75.8 cm³/mol. The summed E-state index contributed by atoms with van der Waals surface area (Å²) in [5.41, 5.74) is 2.20. The molecule has 0 bridgehead atoms. The first-order chi connectivity index (χ1) is 8.66. The summed E-state index contributed by atoms with van der Waals surface area (Å²) in [7, 11) is 0. The average Bonchev–Trinajstić information content (AvgIpc) is 2.89. The second kappa shape index (κ2) is 5.71. The molecule has 2 heterocycles. The van der Waals surface area contributed by atoms with Gasteiger partial charge in [0.05, 0.1) is 0 Å². The first-order valence-electron chi connectivity index (χ1n) is 5.54. The van der Waals surface area contributed by atoms with E-state index in [1.807, 2.05) is 18.2 Å². The van der Waals surface area contributed by atoms with Gasteiger partial charge in [0.15, 0.2) is 0 Å². The van der Waals surface area contributed by atoms with E-state index < -0.39 is 0 Å². The molecule has 3 rings (SSSR count). The van der Waals surface area contributed by atoms with Crippen LogP contribution in [0.4, 0.5) is 0 Å². The summed E-state index contributed by atoms with van der Waals surface area (Å²) >= 11 is 14.1. The van der Waals surface area contributed by atoms with E-state index in [4.69, 9.17) is 23.2 Å². The van der Waals surface area contributed by atoms with Gasteiger partial charge in [-0.25, -0.2) is 4.57 Å². The van der Waals surface area contributed by atoms with E-state index in [-0.39, 0.29) is 12.4 Å². The predicted octanol–water partition coefficient (Wildman–Crippen LogP) is 0.956. The van der Waals surface area contributed by atoms with Crippen molar-refractivity contribution in [2.45, 2.75) is 13.5 Å². The molecule has 0 aliphatic carbocycles. The maximum absolute atomic E-state index is 6.20. The zero-order valence-electron chi connectivity index (χ0n) is 10.1. The monoisotopic (exact) mass is 332 g/mol. The Balaban J connectivity index is 0.00000133. The third kappa shape index (κ3) is 2.61. The molecule has 0 aliphatic heterocycles. The normalized spacial score (nSPS) is 10.7. The van der Waals surface area contributed by atoms with Crippen molar-refractivity contribution in [2.75, 3.05) is 0 Å². The number of aromatic nitrogens is 2. The van der Waals surface area contributed by atoms with E-state index in [2.05, 4.69) is 33.7 Å². The first-order valence-corrected chi connectivity index (χ1v) is 7.18. The Morgan fingerprint density at radius 2 is 1.95 bits per heavy atom. The first kappa shape index (κ1) is 14.7. The Bertz CT molecular complexity index is 698. The SMILES string of the molecule is Cc1csc2n1cc[n+]2Cc1c(Cl)cccc1Cl.[Cl-]. The Labute approximate surface area is 131 Å². The topological polar surface area (TPSA) is 8.29 Å². The minimum absolute atomic E-state index is 0. The van der Waals surface area contributed by atoms with Crippen LogP contribution in [0.15, 0.2) is 36.0 Å². The van der Waals surface area contributed by atoms with Crippen molar-refractivity contribution in [3.63, 3.8) is 0 Å². The number of hydrogen-bond acceptors (Lipinski definition) is 1. The molecule has 0 amide bonds. The van der Waals surface area contributed by atoms with Crippen molar-refractivity contribution in [3.8, 4) is 0 Å². The Morgan fingerprint density at radius 1 is 1.26 bits per heavy atom. The quantitative estimate of drug-likeness (QED) is 0.617. The molecule has 19 heavy (non-hydrogen) atoms. The van der Waals surface area contributed by atoms with Gasteiger partial charge in [0.25, 0.3) is 0 Å². The van der Waals surface area contributed by atoms with Crippen LogP contribution in [0.1, 0.15) is 11.3 Å². The highest BCUT2D eigenvalue weighted by atomic mass is 35.5. The average molecular weight is 334 g/mol. The van der Waals surface area contributed by atoms with Gasteiger partial charge in [0.2, 0.25) is 0 Å². The summed E-state index contributed by atoms with van der Waals surface area (Å²) in [5, 5.41) is 3.56. The molecule has 0 aliphatic rings. The van der Waals surface area contributed by atoms with Crippen molar-refractivity contribution in [3.05, 3.63) is 57.3 Å². The number of thiazole rings is 1. The molecule has 6 heteroatoms. The summed E-state index contributed by atoms with van der Waals surface area (Å²) in [6.07, 6.45) is 4.12. The van der Waals surface area contributed by atoms with Gasteiger partial charge in [-0.2, -0.15) is 4.40 Å². The number of hydrogen-bond donors (Lipinski definition) is 0. The van der Waals surface area contributed by atoms with Crippen molar-refractivity contribution in [2.24, 2.45) is 0 Å². The molecule has 0 unspecified atom stereocenters. The Hall–Kier alpha value is -0.740. The molecule has 3 aromatic rings. The molecule has 0 fully saturated rings. The van der Waals surface area contributed by atoms with E-state index in [1.165, 1.54) is 10.7 Å². The third-order valence-corrected chi connectivity index (χ3v) is 4.76. The minimum atomic E-state index is 0. The van der Waals surface area contributed by atoms with Crippen molar-refractivity contribution in [1.29, 1.82) is 0 Å². The van der Waals surface area contributed by atoms with Crippen LogP contribution in [-0.4, -0.2) is 4.40 Å². The molecule has 0 atom stereocenters. The lowest BCUT2D eigenvalue weighted by molar-refractivity contribution is -0.659. The number of rotatable bonds is 2. The number of benzene rings is 1. The standard InChI is InChI=1S/C13H11Cl2N2S.ClH/c1-9-8-18-13-16(5-6-17(9)13)7-10-11(14)3-2-4-12(10)15;/h2-6,8H,7H2,1H3;1H/q+1;/p-1. The molecule has 2 aromatic heterocycles. The Morgan fingerprint density at radius 3 is 2.63 bits per heavy atom. The van der Waals surface area contributed by atoms with Crippen LogP contribution in [0.2, 0.25) is 10.0 Å². The smallest absolute Gasteiger partial charge is 0.346 e. The van der Waals surface area contributed by atoms with Gasteiger partial charge in [0, 0.05) is 21.0 Å². The van der Waals surface area contributed by atoms with Crippen LogP contribution in [0.5, 0.6) is 0 Å².